The van der Waals surface area contributed by atoms with Gasteiger partial charge in [-0.3, -0.25) is 4.79 Å². The number of hydrogen-bond acceptors (Lipinski definition) is 3. The predicted octanol–water partition coefficient (Wildman–Crippen LogP) is 2.80. The Morgan fingerprint density at radius 2 is 2.16 bits per heavy atom. The Morgan fingerprint density at radius 3 is 2.89 bits per heavy atom. The zero-order chi connectivity index (χ0) is 13.5. The van der Waals surface area contributed by atoms with Crippen LogP contribution in [0.25, 0.3) is 0 Å². The second-order valence-electron chi connectivity index (χ2n) is 5.15. The molecule has 1 aliphatic carbocycles. The van der Waals surface area contributed by atoms with E-state index in [0.29, 0.717) is 24.6 Å². The third-order valence-corrected chi connectivity index (χ3v) is 3.47. The average Bonchev–Trinajstić information content (AvgIpc) is 2.88. The molecular formula is C15H22N2O2. The molecule has 1 amide bonds. The minimum atomic E-state index is -0.0305. The average molecular weight is 262 g/mol. The molecule has 0 aliphatic heterocycles. The van der Waals surface area contributed by atoms with Crippen molar-refractivity contribution in [3.05, 3.63) is 24.3 Å². The van der Waals surface area contributed by atoms with Crippen LogP contribution in [0.4, 0.5) is 11.4 Å². The van der Waals surface area contributed by atoms with E-state index < -0.39 is 0 Å². The monoisotopic (exact) mass is 262 g/mol. The molecule has 1 saturated carbocycles. The Morgan fingerprint density at radius 1 is 1.37 bits per heavy atom. The quantitative estimate of drug-likeness (QED) is 0.612. The molecular weight excluding hydrogens is 240 g/mol. The van der Waals surface area contributed by atoms with E-state index in [2.05, 4.69) is 5.32 Å². The fourth-order valence-corrected chi connectivity index (χ4v) is 2.43. The standard InChI is InChI=1S/C15H22N2O2/c16-13-6-3-7-14(10-13)17-15(18)8-9-19-11-12-4-1-2-5-12/h3,6-7,10,12H,1-2,4-5,8-9,11,16H2,(H,17,18). The normalized spacial score (nSPS) is 15.6. The number of nitrogen functional groups attached to an aromatic ring is 1. The van der Waals surface area contributed by atoms with Gasteiger partial charge in [0.05, 0.1) is 13.0 Å². The molecule has 104 valence electrons. The highest BCUT2D eigenvalue weighted by Gasteiger charge is 2.14. The Bertz CT molecular complexity index is 414. The molecule has 1 aliphatic rings. The first kappa shape index (κ1) is 13.9. The Balaban J connectivity index is 1.61. The molecule has 3 N–H and O–H groups in total. The smallest absolute Gasteiger partial charge is 0.226 e. The van der Waals surface area contributed by atoms with Gasteiger partial charge in [-0.05, 0) is 37.0 Å². The van der Waals surface area contributed by atoms with Gasteiger partial charge in [0.1, 0.15) is 0 Å². The van der Waals surface area contributed by atoms with E-state index in [9.17, 15) is 4.79 Å². The van der Waals surface area contributed by atoms with Crippen LogP contribution in [-0.4, -0.2) is 19.1 Å². The lowest BCUT2D eigenvalue weighted by atomic mass is 10.1. The van der Waals surface area contributed by atoms with E-state index in [0.717, 1.165) is 12.3 Å². The van der Waals surface area contributed by atoms with Gasteiger partial charge in [-0.2, -0.15) is 0 Å². The largest absolute Gasteiger partial charge is 0.399 e. The number of carbonyl (C=O) groups is 1. The van der Waals surface area contributed by atoms with Gasteiger partial charge in [-0.1, -0.05) is 18.9 Å². The minimum Gasteiger partial charge on any atom is -0.399 e. The number of nitrogens with two attached hydrogens (primary N) is 1. The molecule has 0 bridgehead atoms. The Labute approximate surface area is 114 Å². The summed E-state index contributed by atoms with van der Waals surface area (Å²) in [6.07, 6.45) is 5.58. The topological polar surface area (TPSA) is 64.3 Å². The molecule has 0 heterocycles. The third-order valence-electron chi connectivity index (χ3n) is 3.47. The summed E-state index contributed by atoms with van der Waals surface area (Å²) in [4.78, 5) is 11.7. The zero-order valence-corrected chi connectivity index (χ0v) is 11.2. The summed E-state index contributed by atoms with van der Waals surface area (Å²) in [7, 11) is 0. The second-order valence-corrected chi connectivity index (χ2v) is 5.15. The number of rotatable bonds is 6. The first-order valence-electron chi connectivity index (χ1n) is 6.97. The van der Waals surface area contributed by atoms with Gasteiger partial charge in [0.2, 0.25) is 5.91 Å². The van der Waals surface area contributed by atoms with Crippen LogP contribution in [0, 0.1) is 5.92 Å². The van der Waals surface area contributed by atoms with E-state index in [1.54, 1.807) is 12.1 Å². The predicted molar refractivity (Wildman–Crippen MR) is 76.9 cm³/mol. The van der Waals surface area contributed by atoms with Gasteiger partial charge >= 0.3 is 0 Å². The highest BCUT2D eigenvalue weighted by Crippen LogP contribution is 2.24. The summed E-state index contributed by atoms with van der Waals surface area (Å²) < 4.78 is 5.56. The number of amides is 1. The molecule has 1 aromatic carbocycles. The number of ether oxygens (including phenoxy) is 1. The molecule has 0 radical (unpaired) electrons. The van der Waals surface area contributed by atoms with Gasteiger partial charge in [0.15, 0.2) is 0 Å². The summed E-state index contributed by atoms with van der Waals surface area (Å²) >= 11 is 0. The summed E-state index contributed by atoms with van der Waals surface area (Å²) in [5, 5.41) is 2.81. The van der Waals surface area contributed by atoms with Crippen molar-refractivity contribution in [1.29, 1.82) is 0 Å². The third kappa shape index (κ3) is 4.91. The highest BCUT2D eigenvalue weighted by molar-refractivity contribution is 5.91. The van der Waals surface area contributed by atoms with Crippen LogP contribution < -0.4 is 11.1 Å². The fraction of sp³-hybridized carbons (Fsp3) is 0.533. The van der Waals surface area contributed by atoms with Crippen LogP contribution in [-0.2, 0) is 9.53 Å². The van der Waals surface area contributed by atoms with Gasteiger partial charge in [-0.15, -0.1) is 0 Å². The first-order chi connectivity index (χ1) is 9.24. The van der Waals surface area contributed by atoms with Gasteiger partial charge in [0, 0.05) is 18.0 Å². The van der Waals surface area contributed by atoms with Crippen LogP contribution >= 0.6 is 0 Å². The minimum absolute atomic E-state index is 0.0305. The van der Waals surface area contributed by atoms with Crippen LogP contribution in [0.5, 0.6) is 0 Å². The number of hydrogen-bond donors (Lipinski definition) is 2. The second kappa shape index (κ2) is 7.14. The van der Waals surface area contributed by atoms with Crippen LogP contribution in [0.1, 0.15) is 32.1 Å². The summed E-state index contributed by atoms with van der Waals surface area (Å²) in [6.45, 7) is 1.29. The number of benzene rings is 1. The fourth-order valence-electron chi connectivity index (χ4n) is 2.43. The number of anilines is 2. The maximum Gasteiger partial charge on any atom is 0.226 e. The van der Waals surface area contributed by atoms with Crippen LogP contribution in [0.3, 0.4) is 0 Å². The maximum atomic E-state index is 11.7. The highest BCUT2D eigenvalue weighted by atomic mass is 16.5. The first-order valence-corrected chi connectivity index (χ1v) is 6.97. The van der Waals surface area contributed by atoms with Gasteiger partial charge in [-0.25, -0.2) is 0 Å². The van der Waals surface area contributed by atoms with Gasteiger partial charge in [0.25, 0.3) is 0 Å². The molecule has 2 rings (SSSR count). The summed E-state index contributed by atoms with van der Waals surface area (Å²) in [5.74, 6) is 0.675. The lowest BCUT2D eigenvalue weighted by Crippen LogP contribution is -2.15. The van der Waals surface area contributed by atoms with Crippen molar-refractivity contribution in [2.45, 2.75) is 32.1 Å². The van der Waals surface area contributed by atoms with Crippen molar-refractivity contribution in [2.24, 2.45) is 5.92 Å². The van der Waals surface area contributed by atoms with Crippen molar-refractivity contribution >= 4 is 17.3 Å². The summed E-state index contributed by atoms with van der Waals surface area (Å²) in [6, 6.07) is 7.19. The maximum absolute atomic E-state index is 11.7. The van der Waals surface area contributed by atoms with E-state index in [4.69, 9.17) is 10.5 Å². The van der Waals surface area contributed by atoms with Crippen LogP contribution in [0.2, 0.25) is 0 Å². The number of carbonyl (C=O) groups excluding carboxylic acids is 1. The molecule has 0 saturated heterocycles. The zero-order valence-electron chi connectivity index (χ0n) is 11.2. The van der Waals surface area contributed by atoms with Crippen LogP contribution in [0.15, 0.2) is 24.3 Å². The van der Waals surface area contributed by atoms with E-state index >= 15 is 0 Å². The molecule has 0 unspecified atom stereocenters. The van der Waals surface area contributed by atoms with Crippen molar-refractivity contribution < 1.29 is 9.53 Å². The Kier molecular flexibility index (Phi) is 5.21. The molecule has 4 nitrogen and oxygen atoms in total. The lowest BCUT2D eigenvalue weighted by molar-refractivity contribution is -0.117. The molecule has 19 heavy (non-hydrogen) atoms. The van der Waals surface area contributed by atoms with E-state index in [1.165, 1.54) is 25.7 Å². The molecule has 1 fully saturated rings. The van der Waals surface area contributed by atoms with E-state index in [-0.39, 0.29) is 5.91 Å². The molecule has 0 aromatic heterocycles. The van der Waals surface area contributed by atoms with Crippen molar-refractivity contribution in [1.82, 2.24) is 0 Å². The molecule has 0 atom stereocenters. The van der Waals surface area contributed by atoms with Crippen molar-refractivity contribution in [2.75, 3.05) is 24.3 Å². The molecule has 4 heteroatoms. The number of nitrogens with one attached hydrogen (secondary N) is 1. The molecule has 0 spiro atoms. The van der Waals surface area contributed by atoms with Crippen molar-refractivity contribution in [3.8, 4) is 0 Å². The molecule has 1 aromatic rings. The summed E-state index contributed by atoms with van der Waals surface area (Å²) in [5.41, 5.74) is 7.04. The SMILES string of the molecule is Nc1cccc(NC(=O)CCOCC2CCCC2)c1. The van der Waals surface area contributed by atoms with Gasteiger partial charge < -0.3 is 15.8 Å². The van der Waals surface area contributed by atoms with Crippen molar-refractivity contribution in [3.63, 3.8) is 0 Å². The Hall–Kier alpha value is -1.55. The van der Waals surface area contributed by atoms with E-state index in [1.807, 2.05) is 12.1 Å². The lowest BCUT2D eigenvalue weighted by Gasteiger charge is -2.10.